The molecule has 0 N–H and O–H groups in total. The van der Waals surface area contributed by atoms with Crippen LogP contribution in [0.5, 0.6) is 0 Å². The van der Waals surface area contributed by atoms with Crippen LogP contribution in [-0.4, -0.2) is 38.3 Å². The highest BCUT2D eigenvalue weighted by molar-refractivity contribution is 4.53. The number of hydrogen-bond acceptors (Lipinski definition) is 2. The molecule has 1 fully saturated rings. The molecule has 9 heavy (non-hydrogen) atoms. The highest BCUT2D eigenvalue weighted by atomic mass is 19.0. The van der Waals surface area contributed by atoms with Crippen LogP contribution in [0.25, 0.3) is 0 Å². The zero-order chi connectivity index (χ0) is 5.11. The molecule has 1 saturated heterocycles. The van der Waals surface area contributed by atoms with Gasteiger partial charge in [0.15, 0.2) is 0 Å². The average molecular weight is 141 g/mol. The lowest BCUT2D eigenvalue weighted by Gasteiger charge is -2.21. The Labute approximate surface area is 53.5 Å². The van der Waals surface area contributed by atoms with E-state index in [-0.39, 0.29) is 9.41 Å². The third-order valence-corrected chi connectivity index (χ3v) is 1.23. The van der Waals surface area contributed by atoms with Crippen molar-refractivity contribution in [3.63, 3.8) is 0 Å². The Bertz CT molecular complexity index is 56.9. The molecule has 1 rings (SSSR count). The number of nitrogens with zero attached hydrogens (tertiary/aromatic N) is 1. The number of halogens is 2. The van der Waals surface area contributed by atoms with E-state index >= 15 is 0 Å². The maximum Gasteiger partial charge on any atom is 0.0594 e. The van der Waals surface area contributed by atoms with Gasteiger partial charge >= 0.3 is 0 Å². The minimum atomic E-state index is 0. The Kier molecular flexibility index (Phi) is 7.59. The van der Waals surface area contributed by atoms with E-state index in [1.807, 2.05) is 0 Å². The number of rotatable bonds is 0. The third kappa shape index (κ3) is 4.29. The minimum absolute atomic E-state index is 0. The van der Waals surface area contributed by atoms with Crippen LogP contribution in [0.2, 0.25) is 0 Å². The van der Waals surface area contributed by atoms with E-state index in [4.69, 9.17) is 4.74 Å². The van der Waals surface area contributed by atoms with Crippen molar-refractivity contribution in [2.75, 3.05) is 33.4 Å². The van der Waals surface area contributed by atoms with Crippen LogP contribution in [-0.2, 0) is 4.74 Å². The second-order valence-corrected chi connectivity index (χ2v) is 1.92. The third-order valence-electron chi connectivity index (χ3n) is 1.23. The van der Waals surface area contributed by atoms with Crippen LogP contribution in [0.3, 0.4) is 0 Å². The predicted molar refractivity (Wildman–Crippen MR) is 33.3 cm³/mol. The Balaban J connectivity index is 0. The first-order chi connectivity index (χ1) is 3.39. The van der Waals surface area contributed by atoms with Gasteiger partial charge in [-0.3, -0.25) is 9.41 Å². The van der Waals surface area contributed by atoms with Crippen LogP contribution in [0.4, 0.5) is 9.41 Å². The highest BCUT2D eigenvalue weighted by Gasteiger charge is 2.02. The van der Waals surface area contributed by atoms with Crippen molar-refractivity contribution in [1.82, 2.24) is 4.90 Å². The maximum absolute atomic E-state index is 5.10. The topological polar surface area (TPSA) is 12.5 Å². The molecule has 58 valence electrons. The summed E-state index contributed by atoms with van der Waals surface area (Å²) in [5, 5.41) is 0. The first kappa shape index (κ1) is 11.6. The average Bonchev–Trinajstić information content (AvgIpc) is 1.69. The predicted octanol–water partition coefficient (Wildman–Crippen LogP) is 0.253. The number of hydrogen-bond donors (Lipinski definition) is 0. The van der Waals surface area contributed by atoms with E-state index in [0.717, 1.165) is 26.3 Å². The maximum atomic E-state index is 5.10. The molecular weight excluding hydrogens is 128 g/mol. The lowest BCUT2D eigenvalue weighted by atomic mass is 10.5. The molecule has 0 aromatic heterocycles. The van der Waals surface area contributed by atoms with Crippen LogP contribution < -0.4 is 0 Å². The van der Waals surface area contributed by atoms with Gasteiger partial charge in [0.2, 0.25) is 0 Å². The molecule has 0 amide bonds. The summed E-state index contributed by atoms with van der Waals surface area (Å²) in [4.78, 5) is 2.27. The van der Waals surface area contributed by atoms with Gasteiger partial charge in [-0.05, 0) is 7.05 Å². The fourth-order valence-corrected chi connectivity index (χ4v) is 0.655. The summed E-state index contributed by atoms with van der Waals surface area (Å²) in [5.74, 6) is 0. The molecule has 0 unspecified atom stereocenters. The largest absolute Gasteiger partial charge is 0.379 e. The van der Waals surface area contributed by atoms with Crippen molar-refractivity contribution in [3.05, 3.63) is 0 Å². The van der Waals surface area contributed by atoms with Crippen molar-refractivity contribution in [1.29, 1.82) is 0 Å². The van der Waals surface area contributed by atoms with Crippen LogP contribution in [0, 0.1) is 0 Å². The molecule has 0 spiro atoms. The number of morpholine rings is 1. The Morgan fingerprint density at radius 2 is 1.56 bits per heavy atom. The van der Waals surface area contributed by atoms with Crippen molar-refractivity contribution in [2.24, 2.45) is 0 Å². The van der Waals surface area contributed by atoms with Gasteiger partial charge < -0.3 is 9.64 Å². The number of ether oxygens (including phenoxy) is 1. The molecule has 0 atom stereocenters. The summed E-state index contributed by atoms with van der Waals surface area (Å²) in [7, 11) is 2.11. The summed E-state index contributed by atoms with van der Waals surface area (Å²) >= 11 is 0. The van der Waals surface area contributed by atoms with E-state index < -0.39 is 0 Å². The van der Waals surface area contributed by atoms with Gasteiger partial charge in [-0.2, -0.15) is 0 Å². The summed E-state index contributed by atoms with van der Waals surface area (Å²) < 4.78 is 5.10. The quantitative estimate of drug-likeness (QED) is 0.479. The van der Waals surface area contributed by atoms with E-state index in [1.165, 1.54) is 0 Å². The monoisotopic (exact) mass is 141 g/mol. The zero-order valence-electron chi connectivity index (χ0n) is 5.50. The molecule has 1 heterocycles. The summed E-state index contributed by atoms with van der Waals surface area (Å²) in [6.07, 6.45) is 0. The lowest BCUT2D eigenvalue weighted by Crippen LogP contribution is -2.32. The standard InChI is InChI=1S/C5H11NO.2FH/c1-6-2-4-7-5-3-6;;/h2-5H2,1H3;2*1H. The Hall–Kier alpha value is -0.220. The fourth-order valence-electron chi connectivity index (χ4n) is 0.655. The van der Waals surface area contributed by atoms with Gasteiger partial charge in [0.25, 0.3) is 0 Å². The van der Waals surface area contributed by atoms with Gasteiger partial charge in [0.1, 0.15) is 0 Å². The highest BCUT2D eigenvalue weighted by Crippen LogP contribution is 1.89. The summed E-state index contributed by atoms with van der Waals surface area (Å²) in [6.45, 7) is 4.02. The molecule has 0 aromatic carbocycles. The molecule has 1 aliphatic heterocycles. The van der Waals surface area contributed by atoms with Gasteiger partial charge in [0, 0.05) is 13.1 Å². The van der Waals surface area contributed by atoms with Crippen molar-refractivity contribution < 1.29 is 14.1 Å². The molecular formula is C5H13F2NO. The van der Waals surface area contributed by atoms with Crippen LogP contribution in [0.15, 0.2) is 0 Å². The second-order valence-electron chi connectivity index (χ2n) is 1.92. The molecule has 0 aliphatic carbocycles. The lowest BCUT2D eigenvalue weighted by molar-refractivity contribution is 0.0503. The van der Waals surface area contributed by atoms with Gasteiger partial charge in [-0.25, -0.2) is 0 Å². The van der Waals surface area contributed by atoms with Crippen molar-refractivity contribution in [3.8, 4) is 0 Å². The molecule has 0 bridgehead atoms. The first-order valence-electron chi connectivity index (χ1n) is 2.66. The SMILES string of the molecule is CN1CCOCC1.F.F. The van der Waals surface area contributed by atoms with E-state index in [1.54, 1.807) is 0 Å². The normalized spacial score (nSPS) is 19.7. The van der Waals surface area contributed by atoms with Crippen molar-refractivity contribution >= 4 is 0 Å². The summed E-state index contributed by atoms with van der Waals surface area (Å²) in [6, 6.07) is 0. The van der Waals surface area contributed by atoms with Crippen molar-refractivity contribution in [2.45, 2.75) is 0 Å². The molecule has 0 radical (unpaired) electrons. The van der Waals surface area contributed by atoms with E-state index in [2.05, 4.69) is 11.9 Å². The molecule has 0 saturated carbocycles. The second kappa shape index (κ2) is 5.91. The zero-order valence-corrected chi connectivity index (χ0v) is 5.50. The molecule has 4 heteroatoms. The molecule has 0 aromatic rings. The first-order valence-corrected chi connectivity index (χ1v) is 2.66. The minimum Gasteiger partial charge on any atom is -0.379 e. The smallest absolute Gasteiger partial charge is 0.0594 e. The Morgan fingerprint density at radius 3 is 1.78 bits per heavy atom. The molecule has 1 aliphatic rings. The van der Waals surface area contributed by atoms with Gasteiger partial charge in [-0.15, -0.1) is 0 Å². The van der Waals surface area contributed by atoms with Gasteiger partial charge in [-0.1, -0.05) is 0 Å². The van der Waals surface area contributed by atoms with E-state index in [9.17, 15) is 0 Å². The number of likely N-dealkylation sites (N-methyl/N-ethyl adjacent to an activating group) is 1. The van der Waals surface area contributed by atoms with Crippen LogP contribution in [0.1, 0.15) is 0 Å². The molecule has 2 nitrogen and oxygen atoms in total. The van der Waals surface area contributed by atoms with Crippen LogP contribution >= 0.6 is 0 Å². The summed E-state index contributed by atoms with van der Waals surface area (Å²) in [5.41, 5.74) is 0. The fraction of sp³-hybridized carbons (Fsp3) is 1.00. The van der Waals surface area contributed by atoms with E-state index in [0.29, 0.717) is 0 Å². The van der Waals surface area contributed by atoms with Gasteiger partial charge in [0.05, 0.1) is 13.2 Å². The Morgan fingerprint density at radius 1 is 1.11 bits per heavy atom.